The predicted molar refractivity (Wildman–Crippen MR) is 91.1 cm³/mol. The molecule has 122 valence electrons. The van der Waals surface area contributed by atoms with Crippen LogP contribution >= 0.6 is 0 Å². The number of hydrogen-bond acceptors (Lipinski definition) is 2. The average Bonchev–Trinajstić information content (AvgIpc) is 3.05. The van der Waals surface area contributed by atoms with Gasteiger partial charge in [0.25, 0.3) is 0 Å². The summed E-state index contributed by atoms with van der Waals surface area (Å²) in [5.41, 5.74) is 3.35. The van der Waals surface area contributed by atoms with Crippen molar-refractivity contribution >= 4 is 5.91 Å². The number of amides is 1. The fraction of sp³-hybridized carbons (Fsp3) is 0.158. The van der Waals surface area contributed by atoms with Crippen molar-refractivity contribution in [1.29, 1.82) is 0 Å². The number of carbonyl (C=O) groups excluding carboxylic acids is 1. The van der Waals surface area contributed by atoms with Crippen LogP contribution in [0.1, 0.15) is 18.9 Å². The van der Waals surface area contributed by atoms with E-state index in [1.807, 2.05) is 43.5 Å². The Balaban J connectivity index is 1.99. The van der Waals surface area contributed by atoms with Gasteiger partial charge in [0.2, 0.25) is 5.91 Å². The smallest absolute Gasteiger partial charge is 0.219 e. The summed E-state index contributed by atoms with van der Waals surface area (Å²) in [7, 11) is 0. The number of carbonyl (C=O) groups is 1. The van der Waals surface area contributed by atoms with Gasteiger partial charge in [0.05, 0.1) is 11.4 Å². The highest BCUT2D eigenvalue weighted by Crippen LogP contribution is 2.24. The Labute approximate surface area is 139 Å². The first kappa shape index (κ1) is 15.9. The predicted octanol–water partition coefficient (Wildman–Crippen LogP) is 3.70. The molecule has 0 saturated heterocycles. The topological polar surface area (TPSA) is 46.9 Å². The third-order valence-corrected chi connectivity index (χ3v) is 3.73. The van der Waals surface area contributed by atoms with Crippen molar-refractivity contribution in [1.82, 2.24) is 15.1 Å². The van der Waals surface area contributed by atoms with Crippen molar-refractivity contribution in [3.05, 3.63) is 72.2 Å². The molecule has 0 spiro atoms. The standard InChI is InChI=1S/C19H18FN3O/c1-2-18(24)21-12-15-13-23(17-6-4-3-5-7-17)22-19(15)14-8-10-16(20)11-9-14/h3-11,13H,2,12H2,1H3,(H,21,24). The molecule has 1 N–H and O–H groups in total. The van der Waals surface area contributed by atoms with Crippen LogP contribution in [-0.2, 0) is 11.3 Å². The van der Waals surface area contributed by atoms with Crippen molar-refractivity contribution < 1.29 is 9.18 Å². The zero-order valence-corrected chi connectivity index (χ0v) is 13.4. The molecule has 0 atom stereocenters. The van der Waals surface area contributed by atoms with Crippen LogP contribution in [0.15, 0.2) is 60.8 Å². The van der Waals surface area contributed by atoms with Gasteiger partial charge in [0, 0.05) is 30.3 Å². The molecule has 2 aromatic carbocycles. The summed E-state index contributed by atoms with van der Waals surface area (Å²) in [6, 6.07) is 15.9. The number of nitrogens with one attached hydrogen (secondary N) is 1. The third kappa shape index (κ3) is 3.51. The van der Waals surface area contributed by atoms with Gasteiger partial charge in [-0.15, -0.1) is 0 Å². The molecule has 24 heavy (non-hydrogen) atoms. The number of para-hydroxylation sites is 1. The molecule has 4 nitrogen and oxygen atoms in total. The van der Waals surface area contributed by atoms with Crippen LogP contribution in [-0.4, -0.2) is 15.7 Å². The van der Waals surface area contributed by atoms with E-state index in [9.17, 15) is 9.18 Å². The van der Waals surface area contributed by atoms with Crippen molar-refractivity contribution in [2.24, 2.45) is 0 Å². The van der Waals surface area contributed by atoms with Crippen LogP contribution in [0.2, 0.25) is 0 Å². The van der Waals surface area contributed by atoms with Gasteiger partial charge in [-0.2, -0.15) is 5.10 Å². The first-order valence-electron chi connectivity index (χ1n) is 7.84. The molecule has 5 heteroatoms. The summed E-state index contributed by atoms with van der Waals surface area (Å²) in [6.45, 7) is 2.19. The van der Waals surface area contributed by atoms with Crippen LogP contribution in [0.25, 0.3) is 16.9 Å². The molecule has 0 aliphatic rings. The van der Waals surface area contributed by atoms with Gasteiger partial charge in [0.15, 0.2) is 0 Å². The second-order valence-electron chi connectivity index (χ2n) is 5.42. The third-order valence-electron chi connectivity index (χ3n) is 3.73. The van der Waals surface area contributed by atoms with E-state index in [4.69, 9.17) is 0 Å². The SMILES string of the molecule is CCC(=O)NCc1cn(-c2ccccc2)nc1-c1ccc(F)cc1. The largest absolute Gasteiger partial charge is 0.352 e. The molecule has 0 saturated carbocycles. The molecule has 0 aliphatic carbocycles. The van der Waals surface area contributed by atoms with Gasteiger partial charge in [0.1, 0.15) is 5.82 Å². The number of halogens is 1. The maximum Gasteiger partial charge on any atom is 0.219 e. The Bertz CT molecular complexity index is 826. The summed E-state index contributed by atoms with van der Waals surface area (Å²) in [5, 5.41) is 7.50. The number of rotatable bonds is 5. The van der Waals surface area contributed by atoms with Gasteiger partial charge >= 0.3 is 0 Å². The van der Waals surface area contributed by atoms with E-state index in [-0.39, 0.29) is 11.7 Å². The maximum absolute atomic E-state index is 13.2. The lowest BCUT2D eigenvalue weighted by molar-refractivity contribution is -0.120. The molecule has 1 aromatic heterocycles. The summed E-state index contributed by atoms with van der Waals surface area (Å²) in [6.07, 6.45) is 2.32. The zero-order chi connectivity index (χ0) is 16.9. The molecule has 3 rings (SSSR count). The molecule has 0 radical (unpaired) electrons. The van der Waals surface area contributed by atoms with E-state index < -0.39 is 0 Å². The molecular formula is C19H18FN3O. The Morgan fingerprint density at radius 2 is 1.83 bits per heavy atom. The summed E-state index contributed by atoms with van der Waals surface area (Å²) in [4.78, 5) is 11.6. The first-order chi connectivity index (χ1) is 11.7. The molecule has 3 aromatic rings. The van der Waals surface area contributed by atoms with Crippen molar-refractivity contribution in [2.45, 2.75) is 19.9 Å². The molecule has 0 fully saturated rings. The van der Waals surface area contributed by atoms with Gasteiger partial charge in [-0.3, -0.25) is 4.79 Å². The molecule has 1 heterocycles. The van der Waals surface area contributed by atoms with E-state index >= 15 is 0 Å². The molecule has 1 amide bonds. The highest BCUT2D eigenvalue weighted by atomic mass is 19.1. The number of nitrogens with zero attached hydrogens (tertiary/aromatic N) is 2. The van der Waals surface area contributed by atoms with Crippen LogP contribution in [0.3, 0.4) is 0 Å². The number of hydrogen-bond donors (Lipinski definition) is 1. The van der Waals surface area contributed by atoms with Gasteiger partial charge < -0.3 is 5.32 Å². The highest BCUT2D eigenvalue weighted by Gasteiger charge is 2.13. The highest BCUT2D eigenvalue weighted by molar-refractivity contribution is 5.76. The van der Waals surface area contributed by atoms with E-state index in [2.05, 4.69) is 10.4 Å². The minimum Gasteiger partial charge on any atom is -0.352 e. The van der Waals surface area contributed by atoms with E-state index in [1.54, 1.807) is 16.8 Å². The number of aromatic nitrogens is 2. The second-order valence-corrected chi connectivity index (χ2v) is 5.42. The Kier molecular flexibility index (Phi) is 4.70. The molecule has 0 bridgehead atoms. The van der Waals surface area contributed by atoms with Gasteiger partial charge in [-0.05, 0) is 36.4 Å². The summed E-state index contributed by atoms with van der Waals surface area (Å²) < 4.78 is 15.0. The van der Waals surface area contributed by atoms with E-state index in [0.29, 0.717) is 13.0 Å². The summed E-state index contributed by atoms with van der Waals surface area (Å²) >= 11 is 0. The van der Waals surface area contributed by atoms with Crippen LogP contribution < -0.4 is 5.32 Å². The van der Waals surface area contributed by atoms with E-state index in [0.717, 1.165) is 22.5 Å². The van der Waals surface area contributed by atoms with Gasteiger partial charge in [-0.1, -0.05) is 25.1 Å². The maximum atomic E-state index is 13.2. The lowest BCUT2D eigenvalue weighted by Crippen LogP contribution is -2.21. The lowest BCUT2D eigenvalue weighted by Gasteiger charge is -2.04. The lowest BCUT2D eigenvalue weighted by atomic mass is 10.1. The fourth-order valence-electron chi connectivity index (χ4n) is 2.42. The van der Waals surface area contributed by atoms with E-state index in [1.165, 1.54) is 12.1 Å². The van der Waals surface area contributed by atoms with Gasteiger partial charge in [-0.25, -0.2) is 9.07 Å². The van der Waals surface area contributed by atoms with Crippen LogP contribution in [0.5, 0.6) is 0 Å². The first-order valence-corrected chi connectivity index (χ1v) is 7.84. The molecule has 0 unspecified atom stereocenters. The van der Waals surface area contributed by atoms with Crippen LogP contribution in [0, 0.1) is 5.82 Å². The Morgan fingerprint density at radius 3 is 2.50 bits per heavy atom. The number of benzene rings is 2. The quantitative estimate of drug-likeness (QED) is 0.778. The van der Waals surface area contributed by atoms with Crippen molar-refractivity contribution in [3.63, 3.8) is 0 Å². The minimum absolute atomic E-state index is 0.0208. The summed E-state index contributed by atoms with van der Waals surface area (Å²) in [5.74, 6) is -0.311. The van der Waals surface area contributed by atoms with Crippen molar-refractivity contribution in [2.75, 3.05) is 0 Å². The zero-order valence-electron chi connectivity index (χ0n) is 13.4. The monoisotopic (exact) mass is 323 g/mol. The average molecular weight is 323 g/mol. The Morgan fingerprint density at radius 1 is 1.12 bits per heavy atom. The fourth-order valence-corrected chi connectivity index (χ4v) is 2.42. The minimum atomic E-state index is -0.290. The molecular weight excluding hydrogens is 305 g/mol. The Hall–Kier alpha value is -2.95. The van der Waals surface area contributed by atoms with Crippen molar-refractivity contribution in [3.8, 4) is 16.9 Å². The second kappa shape index (κ2) is 7.08. The molecule has 0 aliphatic heterocycles. The normalized spacial score (nSPS) is 10.6. The van der Waals surface area contributed by atoms with Crippen LogP contribution in [0.4, 0.5) is 4.39 Å².